The minimum atomic E-state index is -0.441. The van der Waals surface area contributed by atoms with E-state index in [2.05, 4.69) is 9.98 Å². The summed E-state index contributed by atoms with van der Waals surface area (Å²) >= 11 is 0. The van der Waals surface area contributed by atoms with E-state index in [9.17, 15) is 9.18 Å². The van der Waals surface area contributed by atoms with E-state index in [1.807, 2.05) is 0 Å². The minimum absolute atomic E-state index is 0.138. The van der Waals surface area contributed by atoms with Gasteiger partial charge in [-0.2, -0.15) is 0 Å². The average Bonchev–Trinajstić information content (AvgIpc) is 3.11. The van der Waals surface area contributed by atoms with E-state index in [1.165, 1.54) is 13.2 Å². The van der Waals surface area contributed by atoms with E-state index in [0.29, 0.717) is 29.8 Å². The van der Waals surface area contributed by atoms with E-state index in [1.54, 1.807) is 36.5 Å². The summed E-state index contributed by atoms with van der Waals surface area (Å²) in [6.45, 7) is 0.138. The van der Waals surface area contributed by atoms with Gasteiger partial charge < -0.3 is 9.47 Å². The van der Waals surface area contributed by atoms with Crippen LogP contribution in [0.4, 0.5) is 4.39 Å². The maximum absolute atomic E-state index is 13.5. The van der Waals surface area contributed by atoms with Crippen LogP contribution >= 0.6 is 0 Å². The van der Waals surface area contributed by atoms with Crippen molar-refractivity contribution in [3.05, 3.63) is 59.7 Å². The molecule has 0 fully saturated rings. The Balaban J connectivity index is 1.64. The molecule has 2 heterocycles. The summed E-state index contributed by atoms with van der Waals surface area (Å²) < 4.78 is 23.8. The fourth-order valence-electron chi connectivity index (χ4n) is 2.50. The lowest BCUT2D eigenvalue weighted by Crippen LogP contribution is -2.16. The highest BCUT2D eigenvalue weighted by Gasteiger charge is 2.26. The number of methoxy groups -OCH3 is 1. The first kappa shape index (κ1) is 16.1. The molecule has 1 aromatic heterocycles. The number of benzene rings is 1. The van der Waals surface area contributed by atoms with E-state index >= 15 is 0 Å². The largest absolute Gasteiger partial charge is 0.487 e. The molecule has 5 nitrogen and oxygen atoms in total. The number of ether oxygens (including phenoxy) is 2. The van der Waals surface area contributed by atoms with E-state index in [0.717, 1.165) is 5.71 Å². The number of hydrogen-bond acceptors (Lipinski definition) is 5. The SMILES string of the molecule is COC(=O)C1CCC(c2ccc(OCc3ccccc3F)cn2)=N1. The molecule has 24 heavy (non-hydrogen) atoms. The zero-order valence-electron chi connectivity index (χ0n) is 13.2. The molecule has 1 aliphatic rings. The molecule has 0 spiro atoms. The van der Waals surface area contributed by atoms with Crippen molar-refractivity contribution in [3.8, 4) is 5.75 Å². The van der Waals surface area contributed by atoms with Crippen LogP contribution < -0.4 is 4.74 Å². The summed E-state index contributed by atoms with van der Waals surface area (Å²) in [5.41, 5.74) is 1.98. The summed E-state index contributed by atoms with van der Waals surface area (Å²) in [6, 6.07) is 9.58. The third kappa shape index (κ3) is 3.59. The molecule has 1 aromatic carbocycles. The van der Waals surface area contributed by atoms with Crippen LogP contribution in [-0.4, -0.2) is 29.8 Å². The number of hydrogen-bond donors (Lipinski definition) is 0. The number of aromatic nitrogens is 1. The quantitative estimate of drug-likeness (QED) is 0.792. The Morgan fingerprint density at radius 3 is 2.83 bits per heavy atom. The highest BCUT2D eigenvalue weighted by Crippen LogP contribution is 2.20. The molecule has 3 rings (SSSR count). The van der Waals surface area contributed by atoms with Crippen molar-refractivity contribution in [2.45, 2.75) is 25.5 Å². The second kappa shape index (κ2) is 7.21. The van der Waals surface area contributed by atoms with Crippen molar-refractivity contribution < 1.29 is 18.7 Å². The molecule has 0 N–H and O–H groups in total. The topological polar surface area (TPSA) is 60.8 Å². The van der Waals surface area contributed by atoms with Crippen molar-refractivity contribution in [2.24, 2.45) is 4.99 Å². The maximum atomic E-state index is 13.5. The monoisotopic (exact) mass is 328 g/mol. The predicted octanol–water partition coefficient (Wildman–Crippen LogP) is 2.92. The molecule has 2 aromatic rings. The van der Waals surface area contributed by atoms with Gasteiger partial charge in [0.2, 0.25) is 0 Å². The summed E-state index contributed by atoms with van der Waals surface area (Å²) in [4.78, 5) is 20.2. The predicted molar refractivity (Wildman–Crippen MR) is 86.5 cm³/mol. The molecule has 6 heteroatoms. The summed E-state index contributed by atoms with van der Waals surface area (Å²) in [5, 5.41) is 0. The van der Waals surface area contributed by atoms with Gasteiger partial charge in [-0.1, -0.05) is 18.2 Å². The molecule has 1 aliphatic heterocycles. The van der Waals surface area contributed by atoms with Crippen molar-refractivity contribution in [3.63, 3.8) is 0 Å². The van der Waals surface area contributed by atoms with Crippen molar-refractivity contribution in [1.82, 2.24) is 4.98 Å². The molecular formula is C18H17FN2O3. The van der Waals surface area contributed by atoms with Crippen LogP contribution in [0.2, 0.25) is 0 Å². The van der Waals surface area contributed by atoms with Gasteiger partial charge in [0.1, 0.15) is 24.2 Å². The van der Waals surface area contributed by atoms with Crippen LogP contribution in [0.15, 0.2) is 47.6 Å². The first-order valence-electron chi connectivity index (χ1n) is 7.64. The lowest BCUT2D eigenvalue weighted by atomic mass is 10.1. The first-order chi connectivity index (χ1) is 11.7. The van der Waals surface area contributed by atoms with Crippen molar-refractivity contribution in [1.29, 1.82) is 0 Å². The Hall–Kier alpha value is -2.76. The van der Waals surface area contributed by atoms with Gasteiger partial charge >= 0.3 is 5.97 Å². The maximum Gasteiger partial charge on any atom is 0.330 e. The molecule has 0 amide bonds. The first-order valence-corrected chi connectivity index (χ1v) is 7.64. The standard InChI is InChI=1S/C18H17FN2O3/c1-23-18(22)17-9-8-16(21-17)15-7-6-13(10-20-15)24-11-12-4-2-3-5-14(12)19/h2-7,10,17H,8-9,11H2,1H3. The average molecular weight is 328 g/mol. The Labute approximate surface area is 139 Å². The van der Waals surface area contributed by atoms with Gasteiger partial charge in [0.15, 0.2) is 0 Å². The van der Waals surface area contributed by atoms with Gasteiger partial charge in [-0.3, -0.25) is 9.98 Å². The van der Waals surface area contributed by atoms with Gasteiger partial charge in [-0.25, -0.2) is 9.18 Å². The van der Waals surface area contributed by atoms with E-state index in [4.69, 9.17) is 9.47 Å². The molecule has 0 saturated carbocycles. The van der Waals surface area contributed by atoms with Crippen LogP contribution in [-0.2, 0) is 16.1 Å². The Bertz CT molecular complexity index is 759. The Morgan fingerprint density at radius 1 is 1.29 bits per heavy atom. The van der Waals surface area contributed by atoms with Crippen LogP contribution in [0.3, 0.4) is 0 Å². The van der Waals surface area contributed by atoms with Crippen LogP contribution in [0.1, 0.15) is 24.1 Å². The van der Waals surface area contributed by atoms with E-state index in [-0.39, 0.29) is 18.4 Å². The lowest BCUT2D eigenvalue weighted by Gasteiger charge is -2.07. The number of esters is 1. The van der Waals surface area contributed by atoms with Crippen LogP contribution in [0, 0.1) is 5.82 Å². The lowest BCUT2D eigenvalue weighted by molar-refractivity contribution is -0.141. The third-order valence-corrected chi connectivity index (χ3v) is 3.82. The van der Waals surface area contributed by atoms with Crippen molar-refractivity contribution in [2.75, 3.05) is 7.11 Å². The van der Waals surface area contributed by atoms with Gasteiger partial charge in [0.25, 0.3) is 0 Å². The number of nitrogens with zero attached hydrogens (tertiary/aromatic N) is 2. The molecule has 0 saturated heterocycles. The van der Waals surface area contributed by atoms with Gasteiger partial charge in [0.05, 0.1) is 24.7 Å². The second-order valence-electron chi connectivity index (χ2n) is 5.41. The normalized spacial score (nSPS) is 16.6. The zero-order valence-corrected chi connectivity index (χ0v) is 13.2. The van der Waals surface area contributed by atoms with E-state index < -0.39 is 6.04 Å². The molecule has 0 aliphatic carbocycles. The summed E-state index contributed by atoms with van der Waals surface area (Å²) in [7, 11) is 1.36. The second-order valence-corrected chi connectivity index (χ2v) is 5.41. The zero-order chi connectivity index (χ0) is 16.9. The number of carbonyl (C=O) groups is 1. The number of carbonyl (C=O) groups excluding carboxylic acids is 1. The smallest absolute Gasteiger partial charge is 0.330 e. The summed E-state index contributed by atoms with van der Waals surface area (Å²) in [6.07, 6.45) is 2.89. The van der Waals surface area contributed by atoms with Gasteiger partial charge in [0, 0.05) is 5.56 Å². The van der Waals surface area contributed by atoms with Crippen LogP contribution in [0.25, 0.3) is 0 Å². The fraction of sp³-hybridized carbons (Fsp3) is 0.278. The number of halogens is 1. The Kier molecular flexibility index (Phi) is 4.84. The minimum Gasteiger partial charge on any atom is -0.487 e. The molecule has 0 bridgehead atoms. The summed E-state index contributed by atoms with van der Waals surface area (Å²) in [5.74, 6) is -0.0730. The van der Waals surface area contributed by atoms with Crippen molar-refractivity contribution >= 4 is 11.7 Å². The van der Waals surface area contributed by atoms with Crippen LogP contribution in [0.5, 0.6) is 5.75 Å². The highest BCUT2D eigenvalue weighted by atomic mass is 19.1. The molecule has 124 valence electrons. The number of pyridine rings is 1. The number of aliphatic imine (C=N–C) groups is 1. The van der Waals surface area contributed by atoms with Gasteiger partial charge in [-0.05, 0) is 31.0 Å². The fourth-order valence-corrected chi connectivity index (χ4v) is 2.50. The molecule has 1 unspecified atom stereocenters. The van der Waals surface area contributed by atoms with Gasteiger partial charge in [-0.15, -0.1) is 0 Å². The Morgan fingerprint density at radius 2 is 2.12 bits per heavy atom. The molecule has 0 radical (unpaired) electrons. The molecular weight excluding hydrogens is 311 g/mol. The number of rotatable bonds is 5. The third-order valence-electron chi connectivity index (χ3n) is 3.82. The highest BCUT2D eigenvalue weighted by molar-refractivity contribution is 6.02. The molecule has 1 atom stereocenters.